The number of carboxylic acid groups (broad SMARTS) is 1. The second kappa shape index (κ2) is 5.32. The Labute approximate surface area is 85.3 Å². The number of nitrogens with one attached hydrogen (secondary N) is 1. The Balaban J connectivity index is 2.37. The molecule has 4 heteroatoms. The van der Waals surface area contributed by atoms with E-state index in [9.17, 15) is 4.79 Å². The third-order valence-electron chi connectivity index (χ3n) is 2.83. The lowest BCUT2D eigenvalue weighted by molar-refractivity contribution is -0.140. The van der Waals surface area contributed by atoms with Crippen LogP contribution in [0, 0.1) is 5.92 Å². The molecule has 1 heterocycles. The molecule has 0 spiro atoms. The van der Waals surface area contributed by atoms with Gasteiger partial charge in [-0.1, -0.05) is 6.92 Å². The number of hydrogen-bond acceptors (Lipinski definition) is 3. The van der Waals surface area contributed by atoms with Crippen molar-refractivity contribution in [1.29, 1.82) is 0 Å². The number of likely N-dealkylation sites (N-methyl/N-ethyl adjacent to an activating group) is 1. The molecule has 1 aliphatic rings. The van der Waals surface area contributed by atoms with E-state index in [-0.39, 0.29) is 0 Å². The van der Waals surface area contributed by atoms with Crippen molar-refractivity contribution in [3.8, 4) is 0 Å². The minimum Gasteiger partial charge on any atom is -0.480 e. The van der Waals surface area contributed by atoms with Crippen molar-refractivity contribution in [2.24, 2.45) is 5.92 Å². The maximum Gasteiger partial charge on any atom is 0.322 e. The van der Waals surface area contributed by atoms with Crippen LogP contribution in [-0.2, 0) is 4.79 Å². The molecule has 4 nitrogen and oxygen atoms in total. The van der Waals surface area contributed by atoms with E-state index in [0.29, 0.717) is 12.5 Å². The summed E-state index contributed by atoms with van der Waals surface area (Å²) < 4.78 is 0. The number of likely N-dealkylation sites (tertiary alicyclic amines) is 1. The quantitative estimate of drug-likeness (QED) is 0.689. The van der Waals surface area contributed by atoms with E-state index >= 15 is 0 Å². The van der Waals surface area contributed by atoms with Crippen LogP contribution in [-0.4, -0.2) is 48.7 Å². The SMILES string of the molecule is CNC(CN1CCCC(C)C1)C(=O)O. The van der Waals surface area contributed by atoms with Gasteiger partial charge in [-0.15, -0.1) is 0 Å². The third kappa shape index (κ3) is 3.27. The standard InChI is InChI=1S/C10H20N2O2/c1-8-4-3-5-12(6-8)7-9(11-2)10(13)14/h8-9,11H,3-7H2,1-2H3,(H,13,14). The molecule has 2 atom stereocenters. The Bertz CT molecular complexity index is 197. The number of carboxylic acids is 1. The maximum absolute atomic E-state index is 10.8. The summed E-state index contributed by atoms with van der Waals surface area (Å²) in [6.07, 6.45) is 2.46. The van der Waals surface area contributed by atoms with Gasteiger partial charge in [-0.05, 0) is 32.4 Å². The van der Waals surface area contributed by atoms with E-state index in [1.165, 1.54) is 12.8 Å². The summed E-state index contributed by atoms with van der Waals surface area (Å²) in [6.45, 7) is 4.92. The molecule has 0 aromatic carbocycles. The van der Waals surface area contributed by atoms with Gasteiger partial charge in [0, 0.05) is 13.1 Å². The van der Waals surface area contributed by atoms with Crippen LogP contribution in [0.3, 0.4) is 0 Å². The lowest BCUT2D eigenvalue weighted by atomic mass is 10.00. The Morgan fingerprint density at radius 3 is 2.93 bits per heavy atom. The minimum absolute atomic E-state index is 0.430. The topological polar surface area (TPSA) is 52.6 Å². The van der Waals surface area contributed by atoms with Gasteiger partial charge in [0.15, 0.2) is 0 Å². The van der Waals surface area contributed by atoms with Gasteiger partial charge in [0.2, 0.25) is 0 Å². The van der Waals surface area contributed by atoms with Gasteiger partial charge >= 0.3 is 5.97 Å². The predicted octanol–water partition coefficient (Wildman–Crippen LogP) is 0.391. The van der Waals surface area contributed by atoms with Crippen molar-refractivity contribution in [3.63, 3.8) is 0 Å². The van der Waals surface area contributed by atoms with Crippen LogP contribution in [0.5, 0.6) is 0 Å². The number of carbonyl (C=O) groups is 1. The molecule has 0 saturated carbocycles. The van der Waals surface area contributed by atoms with Crippen LogP contribution in [0.1, 0.15) is 19.8 Å². The zero-order chi connectivity index (χ0) is 10.6. The van der Waals surface area contributed by atoms with Gasteiger partial charge in [0.25, 0.3) is 0 Å². The summed E-state index contributed by atoms with van der Waals surface area (Å²) >= 11 is 0. The zero-order valence-electron chi connectivity index (χ0n) is 8.99. The minimum atomic E-state index is -0.759. The van der Waals surface area contributed by atoms with E-state index < -0.39 is 12.0 Å². The van der Waals surface area contributed by atoms with Crippen LogP contribution in [0.2, 0.25) is 0 Å². The van der Waals surface area contributed by atoms with E-state index in [4.69, 9.17) is 5.11 Å². The number of hydrogen-bond donors (Lipinski definition) is 2. The average molecular weight is 200 g/mol. The van der Waals surface area contributed by atoms with Gasteiger partial charge in [0.1, 0.15) is 6.04 Å². The fraction of sp³-hybridized carbons (Fsp3) is 0.900. The molecule has 0 aromatic rings. The summed E-state index contributed by atoms with van der Waals surface area (Å²) in [5, 5.41) is 11.7. The van der Waals surface area contributed by atoms with Crippen molar-refractivity contribution in [1.82, 2.24) is 10.2 Å². The van der Waals surface area contributed by atoms with Crippen LogP contribution >= 0.6 is 0 Å². The normalized spacial score (nSPS) is 26.0. The summed E-state index contributed by atoms with van der Waals surface area (Å²) in [5.41, 5.74) is 0. The van der Waals surface area contributed by atoms with E-state index in [1.807, 2.05) is 0 Å². The van der Waals surface area contributed by atoms with Gasteiger partial charge in [-0.25, -0.2) is 0 Å². The zero-order valence-corrected chi connectivity index (χ0v) is 8.99. The Kier molecular flexibility index (Phi) is 4.35. The van der Waals surface area contributed by atoms with Crippen LogP contribution < -0.4 is 5.32 Å². The molecule has 1 saturated heterocycles. The largest absolute Gasteiger partial charge is 0.480 e. The molecule has 0 aromatic heterocycles. The molecule has 1 fully saturated rings. The summed E-state index contributed by atoms with van der Waals surface area (Å²) in [6, 6.07) is -0.430. The van der Waals surface area contributed by atoms with Crippen molar-refractivity contribution in [3.05, 3.63) is 0 Å². The van der Waals surface area contributed by atoms with Crippen LogP contribution in [0.4, 0.5) is 0 Å². The fourth-order valence-corrected chi connectivity index (χ4v) is 2.00. The van der Waals surface area contributed by atoms with E-state index in [2.05, 4.69) is 17.1 Å². The monoisotopic (exact) mass is 200 g/mol. The molecule has 2 unspecified atom stereocenters. The number of nitrogens with zero attached hydrogens (tertiary/aromatic N) is 1. The van der Waals surface area contributed by atoms with Crippen molar-refractivity contribution < 1.29 is 9.90 Å². The average Bonchev–Trinajstić information content (AvgIpc) is 2.14. The first-order valence-electron chi connectivity index (χ1n) is 5.26. The van der Waals surface area contributed by atoms with Gasteiger partial charge in [-0.2, -0.15) is 0 Å². The summed E-state index contributed by atoms with van der Waals surface area (Å²) in [5.74, 6) is -0.0548. The molecule has 0 radical (unpaired) electrons. The number of aliphatic carboxylic acids is 1. The smallest absolute Gasteiger partial charge is 0.322 e. The Morgan fingerprint density at radius 2 is 2.43 bits per heavy atom. The maximum atomic E-state index is 10.8. The molecule has 1 rings (SSSR count). The summed E-state index contributed by atoms with van der Waals surface area (Å²) in [4.78, 5) is 13.0. The lowest BCUT2D eigenvalue weighted by Crippen LogP contribution is -2.47. The van der Waals surface area contributed by atoms with Gasteiger partial charge in [-0.3, -0.25) is 4.79 Å². The summed E-state index contributed by atoms with van der Waals surface area (Å²) in [7, 11) is 1.70. The van der Waals surface area contributed by atoms with Crippen LogP contribution in [0.15, 0.2) is 0 Å². The first kappa shape index (κ1) is 11.5. The predicted molar refractivity (Wildman–Crippen MR) is 55.3 cm³/mol. The molecule has 0 bridgehead atoms. The highest BCUT2D eigenvalue weighted by Crippen LogP contribution is 2.15. The van der Waals surface area contributed by atoms with Crippen molar-refractivity contribution >= 4 is 5.97 Å². The van der Waals surface area contributed by atoms with Crippen molar-refractivity contribution in [2.75, 3.05) is 26.7 Å². The second-order valence-electron chi connectivity index (χ2n) is 4.19. The number of rotatable bonds is 4. The van der Waals surface area contributed by atoms with E-state index in [1.54, 1.807) is 7.05 Å². The Hall–Kier alpha value is -0.610. The fourth-order valence-electron chi connectivity index (χ4n) is 2.00. The third-order valence-corrected chi connectivity index (χ3v) is 2.83. The van der Waals surface area contributed by atoms with Crippen molar-refractivity contribution in [2.45, 2.75) is 25.8 Å². The molecular weight excluding hydrogens is 180 g/mol. The molecule has 1 aliphatic heterocycles. The highest BCUT2D eigenvalue weighted by Gasteiger charge is 2.22. The highest BCUT2D eigenvalue weighted by molar-refractivity contribution is 5.73. The van der Waals surface area contributed by atoms with Gasteiger partial charge in [0.05, 0.1) is 0 Å². The molecule has 82 valence electrons. The lowest BCUT2D eigenvalue weighted by Gasteiger charge is -2.32. The molecule has 0 amide bonds. The second-order valence-corrected chi connectivity index (χ2v) is 4.19. The molecule has 2 N–H and O–H groups in total. The van der Waals surface area contributed by atoms with Gasteiger partial charge < -0.3 is 15.3 Å². The number of piperidine rings is 1. The first-order valence-corrected chi connectivity index (χ1v) is 5.26. The molecular formula is C10H20N2O2. The first-order chi connectivity index (χ1) is 6.63. The highest BCUT2D eigenvalue weighted by atomic mass is 16.4. The molecule has 14 heavy (non-hydrogen) atoms. The van der Waals surface area contributed by atoms with E-state index in [0.717, 1.165) is 13.1 Å². The molecule has 0 aliphatic carbocycles. The van der Waals surface area contributed by atoms with Crippen LogP contribution in [0.25, 0.3) is 0 Å². The Morgan fingerprint density at radius 1 is 1.71 bits per heavy atom.